The summed E-state index contributed by atoms with van der Waals surface area (Å²) in [7, 11) is 0. The van der Waals surface area contributed by atoms with Crippen molar-refractivity contribution in [2.75, 3.05) is 0 Å². The fourth-order valence-corrected chi connectivity index (χ4v) is 0.645. The Morgan fingerprint density at radius 3 is 2.70 bits per heavy atom. The zero-order valence-corrected chi connectivity index (χ0v) is 5.80. The highest BCUT2D eigenvalue weighted by atomic mass is 35.5. The van der Waals surface area contributed by atoms with Gasteiger partial charge in [-0.3, -0.25) is 9.78 Å². The highest BCUT2D eigenvalue weighted by molar-refractivity contribution is 6.32. The van der Waals surface area contributed by atoms with Gasteiger partial charge in [0.05, 0.1) is 5.02 Å². The molecule has 0 aliphatic rings. The number of carbonyl (C=O) groups excluding carboxylic acids is 1. The van der Waals surface area contributed by atoms with Crippen LogP contribution >= 0.6 is 11.6 Å². The van der Waals surface area contributed by atoms with Crippen LogP contribution in [-0.4, -0.2) is 16.7 Å². The lowest BCUT2D eigenvalue weighted by molar-refractivity contribution is 0.112. The van der Waals surface area contributed by atoms with Crippen molar-refractivity contribution >= 4 is 17.9 Å². The molecular formula is C6H6ClNO2. The lowest BCUT2D eigenvalue weighted by Crippen LogP contribution is -1.80. The smallest absolute Gasteiger partial charge is 0.151 e. The Morgan fingerprint density at radius 2 is 2.30 bits per heavy atom. The van der Waals surface area contributed by atoms with Gasteiger partial charge in [-0.25, -0.2) is 0 Å². The van der Waals surface area contributed by atoms with E-state index < -0.39 is 0 Å². The second kappa shape index (κ2) is 3.98. The van der Waals surface area contributed by atoms with E-state index in [1.54, 1.807) is 6.07 Å². The van der Waals surface area contributed by atoms with Crippen LogP contribution < -0.4 is 0 Å². The monoisotopic (exact) mass is 159 g/mol. The number of rotatable bonds is 1. The average Bonchev–Trinajstić information content (AvgIpc) is 1.89. The van der Waals surface area contributed by atoms with Gasteiger partial charge in [0.25, 0.3) is 0 Å². The van der Waals surface area contributed by atoms with Gasteiger partial charge in [0.2, 0.25) is 0 Å². The molecule has 0 saturated carbocycles. The van der Waals surface area contributed by atoms with Crippen molar-refractivity contribution in [3.05, 3.63) is 29.0 Å². The van der Waals surface area contributed by atoms with Crippen LogP contribution in [0, 0.1) is 0 Å². The fraction of sp³-hybridized carbons (Fsp3) is 0. The van der Waals surface area contributed by atoms with E-state index in [1.165, 1.54) is 12.4 Å². The summed E-state index contributed by atoms with van der Waals surface area (Å²) in [4.78, 5) is 13.8. The third kappa shape index (κ3) is 1.79. The molecule has 4 heteroatoms. The molecule has 0 aliphatic carbocycles. The van der Waals surface area contributed by atoms with Gasteiger partial charge < -0.3 is 5.48 Å². The summed E-state index contributed by atoms with van der Waals surface area (Å²) in [5, 5.41) is 0.396. The molecule has 0 atom stereocenters. The quantitative estimate of drug-likeness (QED) is 0.567. The third-order valence-electron chi connectivity index (χ3n) is 0.931. The molecule has 0 radical (unpaired) electrons. The highest BCUT2D eigenvalue weighted by Gasteiger charge is 1.93. The second-order valence-electron chi connectivity index (χ2n) is 1.52. The summed E-state index contributed by atoms with van der Waals surface area (Å²) >= 11 is 5.53. The molecule has 0 bridgehead atoms. The maximum atomic E-state index is 10.1. The van der Waals surface area contributed by atoms with E-state index in [0.717, 1.165) is 0 Å². The van der Waals surface area contributed by atoms with Crippen molar-refractivity contribution in [2.45, 2.75) is 0 Å². The second-order valence-corrected chi connectivity index (χ2v) is 1.92. The van der Waals surface area contributed by atoms with Crippen molar-refractivity contribution in [3.8, 4) is 0 Å². The Labute approximate surface area is 63.0 Å². The molecule has 2 N–H and O–H groups in total. The van der Waals surface area contributed by atoms with Gasteiger partial charge in [0.15, 0.2) is 6.29 Å². The van der Waals surface area contributed by atoms with Crippen molar-refractivity contribution < 1.29 is 10.3 Å². The van der Waals surface area contributed by atoms with Crippen molar-refractivity contribution in [1.82, 2.24) is 4.98 Å². The van der Waals surface area contributed by atoms with E-state index in [0.29, 0.717) is 16.9 Å². The Bertz CT molecular complexity index is 227. The number of halogens is 1. The zero-order chi connectivity index (χ0) is 6.69. The molecule has 1 rings (SSSR count). The molecule has 0 aliphatic heterocycles. The molecule has 0 fully saturated rings. The van der Waals surface area contributed by atoms with Crippen molar-refractivity contribution in [2.24, 2.45) is 0 Å². The Hall–Kier alpha value is -0.930. The average molecular weight is 160 g/mol. The number of aldehydes is 1. The fourth-order valence-electron chi connectivity index (χ4n) is 0.482. The number of hydrogen-bond acceptors (Lipinski definition) is 2. The summed E-state index contributed by atoms with van der Waals surface area (Å²) in [5.74, 6) is 0. The summed E-state index contributed by atoms with van der Waals surface area (Å²) in [6.07, 6.45) is 3.66. The maximum absolute atomic E-state index is 10.1. The molecule has 3 nitrogen and oxygen atoms in total. The first-order valence-electron chi connectivity index (χ1n) is 2.39. The van der Waals surface area contributed by atoms with Crippen LogP contribution in [0.3, 0.4) is 0 Å². The van der Waals surface area contributed by atoms with E-state index in [4.69, 9.17) is 11.6 Å². The molecule has 0 aromatic carbocycles. The van der Waals surface area contributed by atoms with E-state index in [-0.39, 0.29) is 5.48 Å². The molecule has 0 amide bonds. The molecule has 0 unspecified atom stereocenters. The minimum atomic E-state index is 0. The number of pyridine rings is 1. The summed E-state index contributed by atoms with van der Waals surface area (Å²) in [6.45, 7) is 0. The first-order chi connectivity index (χ1) is 4.34. The highest BCUT2D eigenvalue weighted by Crippen LogP contribution is 2.09. The molecule has 1 aromatic rings. The van der Waals surface area contributed by atoms with Crippen molar-refractivity contribution in [3.63, 3.8) is 0 Å². The predicted molar refractivity (Wildman–Crippen MR) is 38.2 cm³/mol. The van der Waals surface area contributed by atoms with Crippen LogP contribution in [0.5, 0.6) is 0 Å². The summed E-state index contributed by atoms with van der Waals surface area (Å²) < 4.78 is 0. The van der Waals surface area contributed by atoms with Gasteiger partial charge in [-0.2, -0.15) is 0 Å². The van der Waals surface area contributed by atoms with E-state index in [2.05, 4.69) is 4.98 Å². The number of aromatic nitrogens is 1. The normalized spacial score (nSPS) is 8.10. The lowest BCUT2D eigenvalue weighted by Gasteiger charge is -1.89. The van der Waals surface area contributed by atoms with E-state index in [9.17, 15) is 4.79 Å². The van der Waals surface area contributed by atoms with Gasteiger partial charge in [0, 0.05) is 18.0 Å². The Balaban J connectivity index is 0.000000810. The molecule has 0 spiro atoms. The zero-order valence-electron chi connectivity index (χ0n) is 5.04. The van der Waals surface area contributed by atoms with Crippen LogP contribution in [-0.2, 0) is 0 Å². The standard InChI is InChI=1S/C6H4ClNO.H2O/c7-6-3-8-2-1-5(6)4-9;/h1-4H;1H2. The van der Waals surface area contributed by atoms with Crippen molar-refractivity contribution in [1.29, 1.82) is 0 Å². The molecule has 1 aromatic heterocycles. The summed E-state index contributed by atoms with van der Waals surface area (Å²) in [6, 6.07) is 1.56. The van der Waals surface area contributed by atoms with Gasteiger partial charge in [-0.1, -0.05) is 11.6 Å². The van der Waals surface area contributed by atoms with Gasteiger partial charge in [-0.05, 0) is 6.07 Å². The first kappa shape index (κ1) is 9.07. The van der Waals surface area contributed by atoms with Crippen LogP contribution in [0.25, 0.3) is 0 Å². The molecule has 10 heavy (non-hydrogen) atoms. The predicted octanol–water partition coefficient (Wildman–Crippen LogP) is 0.723. The lowest BCUT2D eigenvalue weighted by atomic mass is 10.3. The van der Waals surface area contributed by atoms with Crippen LogP contribution in [0.15, 0.2) is 18.5 Å². The van der Waals surface area contributed by atoms with Crippen LogP contribution in [0.1, 0.15) is 10.4 Å². The molecule has 1 heterocycles. The maximum Gasteiger partial charge on any atom is 0.151 e. The molecule has 0 saturated heterocycles. The minimum absolute atomic E-state index is 0. The molecular weight excluding hydrogens is 154 g/mol. The van der Waals surface area contributed by atoms with E-state index >= 15 is 0 Å². The van der Waals surface area contributed by atoms with Gasteiger partial charge >= 0.3 is 0 Å². The minimum Gasteiger partial charge on any atom is -0.412 e. The van der Waals surface area contributed by atoms with E-state index in [1.807, 2.05) is 0 Å². The topological polar surface area (TPSA) is 61.5 Å². The van der Waals surface area contributed by atoms with Crippen LogP contribution in [0.2, 0.25) is 5.02 Å². The van der Waals surface area contributed by atoms with Gasteiger partial charge in [-0.15, -0.1) is 0 Å². The Kier molecular flexibility index (Phi) is 3.61. The van der Waals surface area contributed by atoms with Gasteiger partial charge in [0.1, 0.15) is 0 Å². The largest absolute Gasteiger partial charge is 0.412 e. The number of nitrogens with zero attached hydrogens (tertiary/aromatic N) is 1. The SMILES string of the molecule is O.O=Cc1ccncc1Cl. The summed E-state index contributed by atoms with van der Waals surface area (Å²) in [5.41, 5.74) is 0.478. The number of carbonyl (C=O) groups is 1. The Morgan fingerprint density at radius 1 is 1.60 bits per heavy atom. The first-order valence-corrected chi connectivity index (χ1v) is 2.77. The van der Waals surface area contributed by atoms with Crippen LogP contribution in [0.4, 0.5) is 0 Å². The third-order valence-corrected chi connectivity index (χ3v) is 1.25. The number of hydrogen-bond donors (Lipinski definition) is 0. The molecule has 54 valence electrons.